The number of Topliss-reactive ketones (excluding diaryl/α,β-unsaturated/α-hetero) is 1. The third-order valence-corrected chi connectivity index (χ3v) is 1.11. The highest BCUT2D eigenvalue weighted by Crippen LogP contribution is 1.97. The molecule has 0 saturated carbocycles. The van der Waals surface area contributed by atoms with E-state index in [1.54, 1.807) is 6.92 Å². The summed E-state index contributed by atoms with van der Waals surface area (Å²) in [6.07, 6.45) is 0.741. The summed E-state index contributed by atoms with van der Waals surface area (Å²) in [5.74, 6) is -0.204. The van der Waals surface area contributed by atoms with Crippen LogP contribution in [0.25, 0.3) is 0 Å². The highest BCUT2D eigenvalue weighted by Gasteiger charge is 2.03. The largest absolute Gasteiger partial charge is 0.515 e. The minimum absolute atomic E-state index is 0.204. The van der Waals surface area contributed by atoms with E-state index >= 15 is 0 Å². The Balaban J connectivity index is 4.38. The lowest BCUT2D eigenvalue weighted by Crippen LogP contribution is -2.03. The molecule has 0 unspecified atom stereocenters. The third-order valence-electron chi connectivity index (χ3n) is 0.888. The Morgan fingerprint density at radius 1 is 1.56 bits per heavy atom. The first kappa shape index (κ1) is 8.30. The van der Waals surface area contributed by atoms with Gasteiger partial charge in [0.15, 0.2) is 5.78 Å². The van der Waals surface area contributed by atoms with Crippen LogP contribution < -0.4 is 0 Å². The zero-order chi connectivity index (χ0) is 7.44. The van der Waals surface area contributed by atoms with Gasteiger partial charge in [-0.3, -0.25) is 4.79 Å². The Kier molecular flexibility index (Phi) is 3.09. The molecule has 2 nitrogen and oxygen atoms in total. The monoisotopic (exact) mass is 144 g/mol. The number of allylic oxidation sites excluding steroid dienone is 1. The number of aliphatic hydroxyl groups excluding tert-OH is 1. The molecule has 50 valence electrons. The second-order valence-corrected chi connectivity index (χ2v) is 2.27. The van der Waals surface area contributed by atoms with Crippen LogP contribution in [0.15, 0.2) is 11.8 Å². The summed E-state index contributed by atoms with van der Waals surface area (Å²) >= 11 is 4.64. The van der Waals surface area contributed by atoms with Crippen molar-refractivity contribution in [2.24, 2.45) is 0 Å². The van der Waals surface area contributed by atoms with Crippen molar-refractivity contribution in [3.05, 3.63) is 11.8 Å². The lowest BCUT2D eigenvalue weighted by molar-refractivity contribution is -0.113. The summed E-state index contributed by atoms with van der Waals surface area (Å²) in [4.78, 5) is 10.9. The Labute approximate surface area is 59.2 Å². The van der Waals surface area contributed by atoms with Gasteiger partial charge < -0.3 is 5.11 Å². The molecular weight excluding hydrogens is 136 g/mol. The number of hydrogen-bond donors (Lipinski definition) is 1. The van der Waals surface area contributed by atoms with Crippen molar-refractivity contribution in [2.75, 3.05) is 0 Å². The quantitative estimate of drug-likeness (QED) is 0.361. The van der Waals surface area contributed by atoms with E-state index in [9.17, 15) is 4.79 Å². The fourth-order valence-corrected chi connectivity index (χ4v) is 0.626. The van der Waals surface area contributed by atoms with E-state index in [-0.39, 0.29) is 11.4 Å². The molecule has 0 saturated heterocycles. The van der Waals surface area contributed by atoms with Gasteiger partial charge in [0, 0.05) is 4.86 Å². The number of carbonyl (C=O) groups is 1. The van der Waals surface area contributed by atoms with Crippen LogP contribution in [0.4, 0.5) is 0 Å². The van der Waals surface area contributed by atoms with Gasteiger partial charge in [-0.25, -0.2) is 0 Å². The Bertz CT molecular complexity index is 154. The predicted molar refractivity (Wildman–Crippen MR) is 39.7 cm³/mol. The molecule has 0 atom stereocenters. The van der Waals surface area contributed by atoms with Crippen molar-refractivity contribution in [1.82, 2.24) is 0 Å². The van der Waals surface area contributed by atoms with Crippen LogP contribution in [0, 0.1) is 0 Å². The number of ketones is 1. The van der Waals surface area contributed by atoms with E-state index in [4.69, 9.17) is 5.11 Å². The molecule has 0 spiro atoms. The van der Waals surface area contributed by atoms with Crippen molar-refractivity contribution in [1.29, 1.82) is 0 Å². The van der Waals surface area contributed by atoms with Crippen LogP contribution in [0.1, 0.15) is 13.8 Å². The second-order valence-electron chi connectivity index (χ2n) is 1.66. The molecule has 0 aromatic rings. The van der Waals surface area contributed by atoms with E-state index in [0.29, 0.717) is 4.86 Å². The first-order valence-corrected chi connectivity index (χ1v) is 2.86. The number of hydrogen-bond acceptors (Lipinski definition) is 3. The molecule has 0 bridgehead atoms. The Morgan fingerprint density at radius 2 is 2.00 bits per heavy atom. The van der Waals surface area contributed by atoms with Crippen molar-refractivity contribution < 1.29 is 9.90 Å². The summed E-state index contributed by atoms with van der Waals surface area (Å²) in [7, 11) is 0. The molecule has 0 aliphatic carbocycles. The van der Waals surface area contributed by atoms with E-state index < -0.39 is 0 Å². The minimum Gasteiger partial charge on any atom is -0.515 e. The maximum Gasteiger partial charge on any atom is 0.163 e. The molecule has 0 fully saturated rings. The standard InChI is InChI=1S/C6H8O2S/c1-4(8)6(3-7)5(2)9/h3,7H,1-2H3. The van der Waals surface area contributed by atoms with Crippen molar-refractivity contribution in [3.8, 4) is 0 Å². The molecule has 0 aliphatic heterocycles. The van der Waals surface area contributed by atoms with E-state index in [2.05, 4.69) is 12.2 Å². The molecule has 0 heterocycles. The lowest BCUT2D eigenvalue weighted by Gasteiger charge is -1.94. The molecule has 1 N–H and O–H groups in total. The van der Waals surface area contributed by atoms with Crippen molar-refractivity contribution in [2.45, 2.75) is 13.8 Å². The number of thiocarbonyl (C=S) groups is 1. The average molecular weight is 144 g/mol. The first-order valence-electron chi connectivity index (χ1n) is 2.46. The number of aliphatic hydroxyl groups is 1. The summed E-state index contributed by atoms with van der Waals surface area (Å²) < 4.78 is 0. The average Bonchev–Trinajstić information content (AvgIpc) is 1.64. The summed E-state index contributed by atoms with van der Waals surface area (Å²) in [6, 6.07) is 0. The van der Waals surface area contributed by atoms with Crippen LogP contribution in [0.5, 0.6) is 0 Å². The van der Waals surface area contributed by atoms with Gasteiger partial charge in [0.05, 0.1) is 11.8 Å². The van der Waals surface area contributed by atoms with Gasteiger partial charge in [-0.1, -0.05) is 12.2 Å². The Morgan fingerprint density at radius 3 is 2.00 bits per heavy atom. The van der Waals surface area contributed by atoms with E-state index in [1.165, 1.54) is 6.92 Å². The van der Waals surface area contributed by atoms with Gasteiger partial charge in [0.25, 0.3) is 0 Å². The summed E-state index contributed by atoms with van der Waals surface area (Å²) in [5, 5.41) is 8.40. The third kappa shape index (κ3) is 2.37. The van der Waals surface area contributed by atoms with Gasteiger partial charge in [0.2, 0.25) is 0 Å². The lowest BCUT2D eigenvalue weighted by atomic mass is 10.1. The maximum atomic E-state index is 10.5. The van der Waals surface area contributed by atoms with Crippen LogP contribution in [0.2, 0.25) is 0 Å². The van der Waals surface area contributed by atoms with Crippen LogP contribution in [-0.2, 0) is 4.79 Å². The molecule has 0 aliphatic rings. The molecular formula is C6H8O2S. The van der Waals surface area contributed by atoms with Crippen LogP contribution in [-0.4, -0.2) is 15.8 Å². The zero-order valence-corrected chi connectivity index (χ0v) is 6.16. The number of carbonyl (C=O) groups excluding carboxylic acids is 1. The molecule has 0 aromatic heterocycles. The molecule has 0 amide bonds. The van der Waals surface area contributed by atoms with Gasteiger partial charge in [-0.2, -0.15) is 0 Å². The topological polar surface area (TPSA) is 37.3 Å². The normalized spacial score (nSPS) is 11.1. The maximum absolute atomic E-state index is 10.5. The molecule has 0 aromatic carbocycles. The highest BCUT2D eigenvalue weighted by atomic mass is 32.1. The predicted octanol–water partition coefficient (Wildman–Crippen LogP) is 1.41. The fourth-order valence-electron chi connectivity index (χ4n) is 0.430. The molecule has 0 rings (SSSR count). The highest BCUT2D eigenvalue weighted by molar-refractivity contribution is 7.80. The SMILES string of the molecule is CC(=O)C(=CO)C(C)=S. The smallest absolute Gasteiger partial charge is 0.163 e. The van der Waals surface area contributed by atoms with Crippen molar-refractivity contribution in [3.63, 3.8) is 0 Å². The summed E-state index contributed by atoms with van der Waals surface area (Å²) in [6.45, 7) is 2.96. The minimum atomic E-state index is -0.204. The second kappa shape index (κ2) is 3.35. The van der Waals surface area contributed by atoms with Crippen LogP contribution in [0.3, 0.4) is 0 Å². The molecule has 9 heavy (non-hydrogen) atoms. The van der Waals surface area contributed by atoms with Gasteiger partial charge in [-0.05, 0) is 13.8 Å². The van der Waals surface area contributed by atoms with Gasteiger partial charge >= 0.3 is 0 Å². The molecule has 3 heteroatoms. The van der Waals surface area contributed by atoms with Gasteiger partial charge in [-0.15, -0.1) is 0 Å². The zero-order valence-electron chi connectivity index (χ0n) is 5.34. The Hall–Kier alpha value is -0.700. The van der Waals surface area contributed by atoms with Crippen molar-refractivity contribution >= 4 is 22.9 Å². The summed E-state index contributed by atoms with van der Waals surface area (Å²) in [5.41, 5.74) is 0.213. The first-order chi connectivity index (χ1) is 4.09. The fraction of sp³-hybridized carbons (Fsp3) is 0.333. The van der Waals surface area contributed by atoms with E-state index in [1.807, 2.05) is 0 Å². The molecule has 0 radical (unpaired) electrons. The number of rotatable bonds is 2. The van der Waals surface area contributed by atoms with Gasteiger partial charge in [0.1, 0.15) is 0 Å². The van der Waals surface area contributed by atoms with Crippen LogP contribution >= 0.6 is 12.2 Å². The van der Waals surface area contributed by atoms with E-state index in [0.717, 1.165) is 6.26 Å².